The van der Waals surface area contributed by atoms with Gasteiger partial charge >= 0.3 is 0 Å². The molecule has 1 atom stereocenters. The number of rotatable bonds is 3. The molecule has 5 rings (SSSR count). The smallest absolute Gasteiger partial charge is 0.231 e. The summed E-state index contributed by atoms with van der Waals surface area (Å²) >= 11 is 0. The number of fused-ring (bicyclic) bond motifs is 2. The van der Waals surface area contributed by atoms with Crippen LogP contribution in [0.25, 0.3) is 28.1 Å². The number of imidazole rings is 1. The topological polar surface area (TPSA) is 55.8 Å². The fourth-order valence-corrected chi connectivity index (χ4v) is 3.99. The van der Waals surface area contributed by atoms with E-state index in [2.05, 4.69) is 40.1 Å². The average molecular weight is 362 g/mol. The van der Waals surface area contributed by atoms with Crippen molar-refractivity contribution in [2.45, 2.75) is 19.8 Å². The zero-order valence-electron chi connectivity index (χ0n) is 15.6. The van der Waals surface area contributed by atoms with E-state index in [1.807, 2.05) is 12.1 Å². The van der Waals surface area contributed by atoms with Crippen molar-refractivity contribution in [2.75, 3.05) is 25.1 Å². The van der Waals surface area contributed by atoms with Crippen molar-refractivity contribution < 1.29 is 9.15 Å². The Morgan fingerprint density at radius 2 is 2.15 bits per heavy atom. The average Bonchev–Trinajstić information content (AvgIpc) is 3.30. The number of nitrogens with zero attached hydrogens (tertiary/aromatic N) is 4. The van der Waals surface area contributed by atoms with Crippen molar-refractivity contribution in [3.8, 4) is 17.3 Å². The van der Waals surface area contributed by atoms with Crippen molar-refractivity contribution in [3.63, 3.8) is 0 Å². The van der Waals surface area contributed by atoms with Gasteiger partial charge in [-0.25, -0.2) is 9.50 Å². The molecule has 1 aliphatic heterocycles. The molecule has 0 radical (unpaired) electrons. The van der Waals surface area contributed by atoms with Gasteiger partial charge in [0.25, 0.3) is 0 Å². The highest BCUT2D eigenvalue weighted by molar-refractivity contribution is 5.94. The van der Waals surface area contributed by atoms with E-state index in [1.165, 1.54) is 18.5 Å². The van der Waals surface area contributed by atoms with Gasteiger partial charge in [0.2, 0.25) is 5.88 Å². The summed E-state index contributed by atoms with van der Waals surface area (Å²) in [7, 11) is 1.61. The predicted molar refractivity (Wildman–Crippen MR) is 105 cm³/mol. The molecular weight excluding hydrogens is 340 g/mol. The van der Waals surface area contributed by atoms with Crippen molar-refractivity contribution >= 4 is 22.3 Å². The van der Waals surface area contributed by atoms with Crippen molar-refractivity contribution in [3.05, 3.63) is 42.6 Å². The molecule has 6 nitrogen and oxygen atoms in total. The SMILES string of the molecule is COc1ccc2ncc(-c3cc4c(N5CCC[C@H](C)C5)cccc4o3)n2n1. The van der Waals surface area contributed by atoms with E-state index < -0.39 is 0 Å². The van der Waals surface area contributed by atoms with E-state index >= 15 is 0 Å². The maximum atomic E-state index is 6.18. The second-order valence-electron chi connectivity index (χ2n) is 7.28. The van der Waals surface area contributed by atoms with Gasteiger partial charge in [-0.15, -0.1) is 5.10 Å². The van der Waals surface area contributed by atoms with Gasteiger partial charge in [-0.05, 0) is 43.0 Å². The first-order chi connectivity index (χ1) is 13.2. The minimum absolute atomic E-state index is 0.542. The molecule has 3 aromatic heterocycles. The third kappa shape index (κ3) is 2.72. The fourth-order valence-electron chi connectivity index (χ4n) is 3.99. The minimum Gasteiger partial charge on any atom is -0.480 e. The standard InChI is InChI=1S/C21H22N4O2/c1-14-5-4-10-24(13-14)16-6-3-7-18-15(16)11-19(27-18)17-12-22-20-8-9-21(26-2)23-25(17)20/h3,6-9,11-12,14H,4-5,10,13H2,1-2H3/t14-/m0/s1. The first-order valence-electron chi connectivity index (χ1n) is 9.39. The lowest BCUT2D eigenvalue weighted by Crippen LogP contribution is -2.34. The molecule has 6 heteroatoms. The fraction of sp³-hybridized carbons (Fsp3) is 0.333. The Morgan fingerprint density at radius 1 is 1.22 bits per heavy atom. The number of aromatic nitrogens is 3. The first kappa shape index (κ1) is 16.2. The highest BCUT2D eigenvalue weighted by atomic mass is 16.5. The maximum Gasteiger partial charge on any atom is 0.231 e. The summed E-state index contributed by atoms with van der Waals surface area (Å²) in [6.45, 7) is 4.51. The molecule has 27 heavy (non-hydrogen) atoms. The molecule has 1 aliphatic rings. The summed E-state index contributed by atoms with van der Waals surface area (Å²) in [5, 5.41) is 5.62. The molecule has 1 saturated heterocycles. The van der Waals surface area contributed by atoms with Crippen LogP contribution in [0, 0.1) is 5.92 Å². The normalized spacial score (nSPS) is 17.7. The molecule has 1 aromatic carbocycles. The van der Waals surface area contributed by atoms with Gasteiger partial charge < -0.3 is 14.1 Å². The number of hydrogen-bond acceptors (Lipinski definition) is 5. The summed E-state index contributed by atoms with van der Waals surface area (Å²) in [4.78, 5) is 6.92. The number of furan rings is 1. The van der Waals surface area contributed by atoms with Crippen LogP contribution in [-0.2, 0) is 0 Å². The lowest BCUT2D eigenvalue weighted by Gasteiger charge is -2.33. The molecule has 1 fully saturated rings. The number of piperidine rings is 1. The molecule has 0 amide bonds. The van der Waals surface area contributed by atoms with Gasteiger partial charge in [-0.1, -0.05) is 13.0 Å². The van der Waals surface area contributed by atoms with Crippen LogP contribution in [0.1, 0.15) is 19.8 Å². The summed E-state index contributed by atoms with van der Waals surface area (Å²) in [6, 6.07) is 12.1. The quantitative estimate of drug-likeness (QED) is 0.541. The van der Waals surface area contributed by atoms with Crippen LogP contribution in [0.5, 0.6) is 5.88 Å². The Kier molecular flexibility index (Phi) is 3.77. The molecule has 0 saturated carbocycles. The van der Waals surface area contributed by atoms with Crippen LogP contribution in [0.3, 0.4) is 0 Å². The third-order valence-electron chi connectivity index (χ3n) is 5.34. The lowest BCUT2D eigenvalue weighted by atomic mass is 9.99. The van der Waals surface area contributed by atoms with E-state index in [9.17, 15) is 0 Å². The molecule has 0 aliphatic carbocycles. The van der Waals surface area contributed by atoms with Crippen molar-refractivity contribution in [1.82, 2.24) is 14.6 Å². The number of benzene rings is 1. The van der Waals surface area contributed by atoms with Crippen LogP contribution in [0.4, 0.5) is 5.69 Å². The molecule has 0 bridgehead atoms. The van der Waals surface area contributed by atoms with Gasteiger partial charge in [0.1, 0.15) is 11.3 Å². The van der Waals surface area contributed by atoms with Crippen LogP contribution >= 0.6 is 0 Å². The molecule has 4 aromatic rings. The highest BCUT2D eigenvalue weighted by Crippen LogP contribution is 2.35. The largest absolute Gasteiger partial charge is 0.480 e. The Hall–Kier alpha value is -3.02. The zero-order valence-corrected chi connectivity index (χ0v) is 15.6. The number of ether oxygens (including phenoxy) is 1. The Bertz CT molecular complexity index is 1110. The van der Waals surface area contributed by atoms with Crippen molar-refractivity contribution in [1.29, 1.82) is 0 Å². The van der Waals surface area contributed by atoms with Crippen LogP contribution in [0.15, 0.2) is 47.0 Å². The van der Waals surface area contributed by atoms with Gasteiger partial charge in [-0.3, -0.25) is 0 Å². The molecular formula is C21H22N4O2. The molecule has 4 heterocycles. The summed E-state index contributed by atoms with van der Waals surface area (Å²) in [5.74, 6) is 2.02. The number of hydrogen-bond donors (Lipinski definition) is 0. The second-order valence-corrected chi connectivity index (χ2v) is 7.28. The predicted octanol–water partition coefficient (Wildman–Crippen LogP) is 4.39. The monoisotopic (exact) mass is 362 g/mol. The Labute approximate surface area is 157 Å². The van der Waals surface area contributed by atoms with E-state index in [-0.39, 0.29) is 0 Å². The van der Waals surface area contributed by atoms with E-state index in [0.29, 0.717) is 5.88 Å². The van der Waals surface area contributed by atoms with Crippen molar-refractivity contribution in [2.24, 2.45) is 5.92 Å². The number of methoxy groups -OCH3 is 1. The van der Waals surface area contributed by atoms with Gasteiger partial charge in [0.15, 0.2) is 11.4 Å². The molecule has 0 spiro atoms. The third-order valence-corrected chi connectivity index (χ3v) is 5.34. The summed E-state index contributed by atoms with van der Waals surface area (Å²) in [5.41, 5.74) is 3.71. The van der Waals surface area contributed by atoms with Crippen LogP contribution in [-0.4, -0.2) is 34.8 Å². The highest BCUT2D eigenvalue weighted by Gasteiger charge is 2.21. The Balaban J connectivity index is 1.62. The lowest BCUT2D eigenvalue weighted by molar-refractivity contribution is 0.390. The summed E-state index contributed by atoms with van der Waals surface area (Å²) in [6.07, 6.45) is 4.33. The summed E-state index contributed by atoms with van der Waals surface area (Å²) < 4.78 is 13.2. The second kappa shape index (κ2) is 6.30. The van der Waals surface area contributed by atoms with Crippen LogP contribution < -0.4 is 9.64 Å². The van der Waals surface area contributed by atoms with E-state index in [4.69, 9.17) is 9.15 Å². The first-order valence-corrected chi connectivity index (χ1v) is 9.39. The molecule has 0 unspecified atom stereocenters. The van der Waals surface area contributed by atoms with Gasteiger partial charge in [0.05, 0.1) is 13.3 Å². The molecule has 0 N–H and O–H groups in total. The van der Waals surface area contributed by atoms with Gasteiger partial charge in [0, 0.05) is 30.2 Å². The minimum atomic E-state index is 0.542. The van der Waals surface area contributed by atoms with Crippen LogP contribution in [0.2, 0.25) is 0 Å². The van der Waals surface area contributed by atoms with E-state index in [0.717, 1.165) is 47.1 Å². The zero-order chi connectivity index (χ0) is 18.4. The van der Waals surface area contributed by atoms with E-state index in [1.54, 1.807) is 23.9 Å². The number of anilines is 1. The Morgan fingerprint density at radius 3 is 3.00 bits per heavy atom. The maximum absolute atomic E-state index is 6.18. The molecule has 138 valence electrons. The van der Waals surface area contributed by atoms with Gasteiger partial charge in [-0.2, -0.15) is 0 Å².